The minimum atomic E-state index is -0.633. The molecule has 1 atom stereocenters. The Morgan fingerprint density at radius 2 is 2.33 bits per heavy atom. The zero-order chi connectivity index (χ0) is 9.14. The molecule has 0 aliphatic rings. The summed E-state index contributed by atoms with van der Waals surface area (Å²) in [7, 11) is 0. The molecule has 0 saturated heterocycles. The van der Waals surface area contributed by atoms with Crippen molar-refractivity contribution in [3.05, 3.63) is 41.7 Å². The van der Waals surface area contributed by atoms with Crippen molar-refractivity contribution in [2.45, 2.75) is 20.0 Å². The van der Waals surface area contributed by atoms with Gasteiger partial charge in [-0.1, -0.05) is 12.6 Å². The highest BCUT2D eigenvalue weighted by molar-refractivity contribution is 5.24. The molecule has 1 rings (SSSR count). The molecule has 1 unspecified atom stereocenters. The van der Waals surface area contributed by atoms with Crippen molar-refractivity contribution in [2.75, 3.05) is 0 Å². The first kappa shape index (κ1) is 8.94. The Morgan fingerprint density at radius 1 is 1.67 bits per heavy atom. The molecule has 1 aromatic heterocycles. The van der Waals surface area contributed by atoms with Gasteiger partial charge in [0, 0.05) is 6.20 Å². The van der Waals surface area contributed by atoms with Gasteiger partial charge in [0.1, 0.15) is 6.10 Å². The monoisotopic (exact) mass is 163 g/mol. The van der Waals surface area contributed by atoms with Crippen LogP contribution < -0.4 is 0 Å². The second kappa shape index (κ2) is 3.50. The van der Waals surface area contributed by atoms with Gasteiger partial charge in [-0.2, -0.15) is 0 Å². The highest BCUT2D eigenvalue weighted by atomic mass is 16.3. The second-order valence-corrected chi connectivity index (χ2v) is 2.95. The molecule has 1 N–H and O–H groups in total. The number of hydrogen-bond donors (Lipinski definition) is 1. The fourth-order valence-corrected chi connectivity index (χ4v) is 1.02. The maximum atomic E-state index is 9.62. The van der Waals surface area contributed by atoms with E-state index < -0.39 is 6.10 Å². The summed E-state index contributed by atoms with van der Waals surface area (Å²) < 4.78 is 0. The summed E-state index contributed by atoms with van der Waals surface area (Å²) in [4.78, 5) is 4.09. The summed E-state index contributed by atoms with van der Waals surface area (Å²) in [6, 6.07) is 3.78. The minimum absolute atomic E-state index is 0.633. The van der Waals surface area contributed by atoms with Crippen molar-refractivity contribution in [3.8, 4) is 0 Å². The van der Waals surface area contributed by atoms with Crippen LogP contribution in [0.5, 0.6) is 0 Å². The Labute approximate surface area is 72.6 Å². The molecule has 0 aromatic carbocycles. The Morgan fingerprint density at radius 3 is 2.83 bits per heavy atom. The summed E-state index contributed by atoms with van der Waals surface area (Å²) in [6.45, 7) is 7.40. The lowest BCUT2D eigenvalue weighted by atomic mass is 10.1. The fourth-order valence-electron chi connectivity index (χ4n) is 1.02. The van der Waals surface area contributed by atoms with Gasteiger partial charge >= 0.3 is 0 Å². The average Bonchev–Trinajstić information content (AvgIpc) is 2.04. The van der Waals surface area contributed by atoms with Gasteiger partial charge in [0.2, 0.25) is 0 Å². The van der Waals surface area contributed by atoms with Crippen LogP contribution >= 0.6 is 0 Å². The predicted octanol–water partition coefficient (Wildman–Crippen LogP) is 2.00. The molecule has 0 aliphatic carbocycles. The first-order valence-corrected chi connectivity index (χ1v) is 3.88. The first-order valence-electron chi connectivity index (χ1n) is 3.88. The average molecular weight is 163 g/mol. The third kappa shape index (κ3) is 1.71. The summed E-state index contributed by atoms with van der Waals surface area (Å²) in [5, 5.41) is 9.62. The molecule has 2 heteroatoms. The molecule has 64 valence electrons. The van der Waals surface area contributed by atoms with Crippen LogP contribution in [0.3, 0.4) is 0 Å². The standard InChI is InChI=1S/C10H13NO/c1-7(2)10(12)9-8(3)5-4-6-11-9/h4-6,10,12H,1H2,2-3H3. The first-order chi connectivity index (χ1) is 5.63. The molecule has 0 spiro atoms. The van der Waals surface area contributed by atoms with Crippen molar-refractivity contribution < 1.29 is 5.11 Å². The molecule has 0 fully saturated rings. The molecule has 0 aliphatic heterocycles. The molecule has 0 saturated carbocycles. The van der Waals surface area contributed by atoms with E-state index >= 15 is 0 Å². The number of nitrogens with zero attached hydrogens (tertiary/aromatic N) is 1. The van der Waals surface area contributed by atoms with Crippen LogP contribution in [0, 0.1) is 6.92 Å². The number of hydrogen-bond acceptors (Lipinski definition) is 2. The van der Waals surface area contributed by atoms with E-state index in [0.717, 1.165) is 11.1 Å². The van der Waals surface area contributed by atoms with Gasteiger partial charge in [-0.25, -0.2) is 0 Å². The van der Waals surface area contributed by atoms with Gasteiger partial charge in [0.05, 0.1) is 5.69 Å². The number of aromatic nitrogens is 1. The van der Waals surface area contributed by atoms with E-state index in [2.05, 4.69) is 11.6 Å². The quantitative estimate of drug-likeness (QED) is 0.676. The Bertz CT molecular complexity index is 294. The third-order valence-electron chi connectivity index (χ3n) is 1.78. The maximum absolute atomic E-state index is 9.62. The number of rotatable bonds is 2. The van der Waals surface area contributed by atoms with Crippen LogP contribution in [0.2, 0.25) is 0 Å². The topological polar surface area (TPSA) is 33.1 Å². The number of aryl methyl sites for hydroxylation is 1. The molecule has 0 radical (unpaired) electrons. The van der Waals surface area contributed by atoms with Crippen molar-refractivity contribution in [2.24, 2.45) is 0 Å². The Kier molecular flexibility index (Phi) is 2.61. The zero-order valence-electron chi connectivity index (χ0n) is 7.41. The van der Waals surface area contributed by atoms with Gasteiger partial charge in [0.15, 0.2) is 0 Å². The molecule has 1 heterocycles. The molecule has 2 nitrogen and oxygen atoms in total. The van der Waals surface area contributed by atoms with E-state index in [1.165, 1.54) is 0 Å². The van der Waals surface area contributed by atoms with E-state index in [1.807, 2.05) is 19.1 Å². The van der Waals surface area contributed by atoms with E-state index in [1.54, 1.807) is 13.1 Å². The van der Waals surface area contributed by atoms with Gasteiger partial charge in [0.25, 0.3) is 0 Å². The van der Waals surface area contributed by atoms with Crippen LogP contribution in [0.15, 0.2) is 30.5 Å². The van der Waals surface area contributed by atoms with Crippen molar-refractivity contribution in [1.29, 1.82) is 0 Å². The predicted molar refractivity (Wildman–Crippen MR) is 48.7 cm³/mol. The summed E-state index contributed by atoms with van der Waals surface area (Å²) in [5.74, 6) is 0. The zero-order valence-corrected chi connectivity index (χ0v) is 7.41. The van der Waals surface area contributed by atoms with E-state index in [-0.39, 0.29) is 0 Å². The Balaban J connectivity index is 3.02. The van der Waals surface area contributed by atoms with Gasteiger partial charge in [-0.15, -0.1) is 0 Å². The van der Waals surface area contributed by atoms with Crippen molar-refractivity contribution >= 4 is 0 Å². The highest BCUT2D eigenvalue weighted by Crippen LogP contribution is 2.19. The normalized spacial score (nSPS) is 12.6. The summed E-state index contributed by atoms with van der Waals surface area (Å²) in [5.41, 5.74) is 2.41. The van der Waals surface area contributed by atoms with Gasteiger partial charge in [-0.3, -0.25) is 4.98 Å². The largest absolute Gasteiger partial charge is 0.382 e. The lowest BCUT2D eigenvalue weighted by Crippen LogP contribution is -2.02. The maximum Gasteiger partial charge on any atom is 0.117 e. The lowest BCUT2D eigenvalue weighted by molar-refractivity contribution is 0.210. The second-order valence-electron chi connectivity index (χ2n) is 2.95. The molecule has 12 heavy (non-hydrogen) atoms. The van der Waals surface area contributed by atoms with E-state index in [0.29, 0.717) is 5.69 Å². The molecule has 0 amide bonds. The summed E-state index contributed by atoms with van der Waals surface area (Å²) >= 11 is 0. The highest BCUT2D eigenvalue weighted by Gasteiger charge is 2.10. The van der Waals surface area contributed by atoms with Gasteiger partial charge < -0.3 is 5.11 Å². The fraction of sp³-hybridized carbons (Fsp3) is 0.300. The van der Waals surface area contributed by atoms with Crippen LogP contribution in [0.25, 0.3) is 0 Å². The van der Waals surface area contributed by atoms with E-state index in [4.69, 9.17) is 0 Å². The third-order valence-corrected chi connectivity index (χ3v) is 1.78. The van der Waals surface area contributed by atoms with E-state index in [9.17, 15) is 5.11 Å². The SMILES string of the molecule is C=C(C)C(O)c1ncccc1C. The molecular formula is C10H13NO. The summed E-state index contributed by atoms with van der Waals surface area (Å²) in [6.07, 6.45) is 1.04. The lowest BCUT2D eigenvalue weighted by Gasteiger charge is -2.11. The van der Waals surface area contributed by atoms with Crippen LogP contribution in [0.1, 0.15) is 24.3 Å². The molecule has 0 bridgehead atoms. The Hall–Kier alpha value is -1.15. The molecule has 1 aromatic rings. The van der Waals surface area contributed by atoms with Gasteiger partial charge in [-0.05, 0) is 31.1 Å². The number of pyridine rings is 1. The minimum Gasteiger partial charge on any atom is -0.382 e. The number of aliphatic hydroxyl groups excluding tert-OH is 1. The molecular weight excluding hydrogens is 150 g/mol. The number of aliphatic hydroxyl groups is 1. The smallest absolute Gasteiger partial charge is 0.117 e. The van der Waals surface area contributed by atoms with Crippen molar-refractivity contribution in [1.82, 2.24) is 4.98 Å². The van der Waals surface area contributed by atoms with Crippen LogP contribution in [0.4, 0.5) is 0 Å². The van der Waals surface area contributed by atoms with Crippen LogP contribution in [-0.2, 0) is 0 Å². The van der Waals surface area contributed by atoms with Crippen molar-refractivity contribution in [3.63, 3.8) is 0 Å². The van der Waals surface area contributed by atoms with Crippen LogP contribution in [-0.4, -0.2) is 10.1 Å².